The van der Waals surface area contributed by atoms with Crippen molar-refractivity contribution in [2.45, 2.75) is 25.6 Å². The van der Waals surface area contributed by atoms with Crippen molar-refractivity contribution in [3.63, 3.8) is 0 Å². The topological polar surface area (TPSA) is 78.6 Å². The molecule has 1 aromatic carbocycles. The molecule has 0 bridgehead atoms. The lowest BCUT2D eigenvalue weighted by molar-refractivity contribution is -0.275. The van der Waals surface area contributed by atoms with Crippen LogP contribution in [0.4, 0.5) is 13.2 Å². The third-order valence-corrected chi connectivity index (χ3v) is 3.26. The molecule has 0 radical (unpaired) electrons. The molecular weight excluding hydrogens is 311 g/mol. The monoisotopic (exact) mass is 327 g/mol. The normalized spacial score (nSPS) is 12.2. The average molecular weight is 327 g/mol. The van der Waals surface area contributed by atoms with Crippen LogP contribution in [0.3, 0.4) is 0 Å². The predicted molar refractivity (Wildman–Crippen MR) is 70.4 cm³/mol. The predicted octanol–water partition coefficient (Wildman–Crippen LogP) is 2.42. The van der Waals surface area contributed by atoms with Crippen LogP contribution >= 0.6 is 0 Å². The molecule has 0 unspecified atom stereocenters. The molecule has 0 aliphatic heterocycles. The summed E-state index contributed by atoms with van der Waals surface area (Å²) in [5.41, 5.74) is 0. The largest absolute Gasteiger partial charge is 0.573 e. The average Bonchev–Trinajstić information content (AvgIpc) is 2.32. The third-order valence-electron chi connectivity index (χ3n) is 2.41. The summed E-state index contributed by atoms with van der Waals surface area (Å²) >= 11 is 0. The summed E-state index contributed by atoms with van der Waals surface area (Å²) in [7, 11) is -3.48. The molecule has 0 aliphatic rings. The minimum Gasteiger partial charge on any atom is -0.490 e. The molecule has 0 fully saturated rings. The van der Waals surface area contributed by atoms with Crippen LogP contribution in [-0.4, -0.2) is 27.1 Å². The van der Waals surface area contributed by atoms with E-state index in [4.69, 9.17) is 9.88 Å². The number of para-hydroxylation sites is 2. The number of halogens is 3. The summed E-state index contributed by atoms with van der Waals surface area (Å²) in [6.07, 6.45) is -3.37. The van der Waals surface area contributed by atoms with Crippen molar-refractivity contribution in [1.29, 1.82) is 0 Å². The fourth-order valence-corrected chi connectivity index (χ4v) is 2.15. The summed E-state index contributed by atoms with van der Waals surface area (Å²) < 4.78 is 66.9. The van der Waals surface area contributed by atoms with Gasteiger partial charge < -0.3 is 9.47 Å². The highest BCUT2D eigenvalue weighted by Crippen LogP contribution is 2.31. The van der Waals surface area contributed by atoms with Crippen molar-refractivity contribution < 1.29 is 31.1 Å². The molecule has 21 heavy (non-hydrogen) atoms. The van der Waals surface area contributed by atoms with Gasteiger partial charge >= 0.3 is 6.36 Å². The van der Waals surface area contributed by atoms with Crippen LogP contribution in [0.1, 0.15) is 19.3 Å². The van der Waals surface area contributed by atoms with E-state index in [1.165, 1.54) is 18.2 Å². The van der Waals surface area contributed by atoms with Crippen molar-refractivity contribution in [2.24, 2.45) is 5.14 Å². The van der Waals surface area contributed by atoms with Gasteiger partial charge in [0.25, 0.3) is 0 Å². The molecule has 120 valence electrons. The standard InChI is InChI=1S/C12H16F3NO4S/c13-12(14,15)20-11-7-3-2-6-10(11)19-8-4-1-5-9-21(16,17)18/h2-3,6-7H,1,4-5,8-9H2,(H2,16,17,18). The Morgan fingerprint density at radius 2 is 1.67 bits per heavy atom. The van der Waals surface area contributed by atoms with Gasteiger partial charge in [0.1, 0.15) is 0 Å². The number of nitrogens with two attached hydrogens (primary N) is 1. The Morgan fingerprint density at radius 3 is 2.24 bits per heavy atom. The molecule has 2 N–H and O–H groups in total. The van der Waals surface area contributed by atoms with E-state index in [9.17, 15) is 21.6 Å². The zero-order chi connectivity index (χ0) is 15.9. The Bertz CT molecular complexity index is 546. The van der Waals surface area contributed by atoms with Crippen molar-refractivity contribution in [3.05, 3.63) is 24.3 Å². The summed E-state index contributed by atoms with van der Waals surface area (Å²) in [6.45, 7) is 0.156. The van der Waals surface area contributed by atoms with Gasteiger partial charge in [0.05, 0.1) is 12.4 Å². The smallest absolute Gasteiger partial charge is 0.490 e. The molecule has 0 aromatic heterocycles. The molecule has 1 aromatic rings. The number of ether oxygens (including phenoxy) is 2. The van der Waals surface area contributed by atoms with Gasteiger partial charge in [-0.2, -0.15) is 0 Å². The van der Waals surface area contributed by atoms with Crippen LogP contribution in [0.2, 0.25) is 0 Å². The van der Waals surface area contributed by atoms with Gasteiger partial charge in [0, 0.05) is 0 Å². The minimum atomic E-state index is -4.78. The molecule has 0 saturated heterocycles. The first-order valence-electron chi connectivity index (χ1n) is 6.15. The van der Waals surface area contributed by atoms with E-state index in [-0.39, 0.29) is 18.1 Å². The number of benzene rings is 1. The number of unbranched alkanes of at least 4 members (excludes halogenated alkanes) is 2. The second-order valence-electron chi connectivity index (χ2n) is 4.27. The molecule has 0 atom stereocenters. The van der Waals surface area contributed by atoms with Gasteiger partial charge in [-0.1, -0.05) is 12.1 Å². The number of hydrogen-bond donors (Lipinski definition) is 1. The lowest BCUT2D eigenvalue weighted by Crippen LogP contribution is -2.18. The Morgan fingerprint density at radius 1 is 1.05 bits per heavy atom. The SMILES string of the molecule is NS(=O)(=O)CCCCCOc1ccccc1OC(F)(F)F. The Hall–Kier alpha value is -1.48. The molecule has 0 aliphatic carbocycles. The number of rotatable bonds is 8. The molecule has 5 nitrogen and oxygen atoms in total. The van der Waals surface area contributed by atoms with E-state index in [2.05, 4.69) is 4.74 Å². The lowest BCUT2D eigenvalue weighted by Gasteiger charge is -2.13. The van der Waals surface area contributed by atoms with E-state index < -0.39 is 22.1 Å². The first kappa shape index (κ1) is 17.6. The Labute approximate surface area is 120 Å². The molecular formula is C12H16F3NO4S. The van der Waals surface area contributed by atoms with Gasteiger partial charge in [-0.05, 0) is 31.4 Å². The molecule has 1 rings (SSSR count). The van der Waals surface area contributed by atoms with E-state index in [0.29, 0.717) is 19.3 Å². The van der Waals surface area contributed by atoms with E-state index in [0.717, 1.165) is 6.07 Å². The van der Waals surface area contributed by atoms with Gasteiger partial charge in [0.2, 0.25) is 10.0 Å². The molecule has 0 heterocycles. The fourth-order valence-electron chi connectivity index (χ4n) is 1.54. The lowest BCUT2D eigenvalue weighted by atomic mass is 10.2. The van der Waals surface area contributed by atoms with Crippen LogP contribution in [0.25, 0.3) is 0 Å². The fraction of sp³-hybridized carbons (Fsp3) is 0.500. The van der Waals surface area contributed by atoms with E-state index in [1.807, 2.05) is 0 Å². The zero-order valence-electron chi connectivity index (χ0n) is 11.1. The maximum Gasteiger partial charge on any atom is 0.573 e. The van der Waals surface area contributed by atoms with Crippen molar-refractivity contribution in [2.75, 3.05) is 12.4 Å². The molecule has 0 saturated carbocycles. The van der Waals surface area contributed by atoms with Crippen LogP contribution in [-0.2, 0) is 10.0 Å². The number of alkyl halides is 3. The van der Waals surface area contributed by atoms with Crippen molar-refractivity contribution in [1.82, 2.24) is 0 Å². The van der Waals surface area contributed by atoms with Crippen LogP contribution in [0.15, 0.2) is 24.3 Å². The second kappa shape index (κ2) is 7.51. The maximum absolute atomic E-state index is 12.2. The van der Waals surface area contributed by atoms with Gasteiger partial charge in [-0.25, -0.2) is 13.6 Å². The summed E-state index contributed by atoms with van der Waals surface area (Å²) in [6, 6.07) is 5.45. The first-order valence-corrected chi connectivity index (χ1v) is 7.87. The van der Waals surface area contributed by atoms with Crippen molar-refractivity contribution in [3.8, 4) is 11.5 Å². The van der Waals surface area contributed by atoms with Crippen LogP contribution < -0.4 is 14.6 Å². The number of primary sulfonamides is 1. The van der Waals surface area contributed by atoms with E-state index in [1.54, 1.807) is 0 Å². The third kappa shape index (κ3) is 8.41. The Balaban J connectivity index is 2.38. The second-order valence-corrected chi connectivity index (χ2v) is 6.00. The molecule has 0 amide bonds. The number of hydrogen-bond acceptors (Lipinski definition) is 4. The zero-order valence-corrected chi connectivity index (χ0v) is 11.9. The highest BCUT2D eigenvalue weighted by molar-refractivity contribution is 7.89. The van der Waals surface area contributed by atoms with Gasteiger partial charge in [-0.15, -0.1) is 13.2 Å². The molecule has 9 heteroatoms. The summed E-state index contributed by atoms with van der Waals surface area (Å²) in [5.74, 6) is -0.545. The summed E-state index contributed by atoms with van der Waals surface area (Å²) in [5, 5.41) is 4.84. The highest BCUT2D eigenvalue weighted by Gasteiger charge is 2.32. The number of sulfonamides is 1. The van der Waals surface area contributed by atoms with E-state index >= 15 is 0 Å². The molecule has 0 spiro atoms. The van der Waals surface area contributed by atoms with Gasteiger partial charge in [-0.3, -0.25) is 0 Å². The quantitative estimate of drug-likeness (QED) is 0.744. The van der Waals surface area contributed by atoms with Crippen LogP contribution in [0, 0.1) is 0 Å². The Kier molecular flexibility index (Phi) is 6.28. The first-order chi connectivity index (χ1) is 9.67. The maximum atomic E-state index is 12.2. The van der Waals surface area contributed by atoms with Gasteiger partial charge in [0.15, 0.2) is 11.5 Å². The van der Waals surface area contributed by atoms with Crippen LogP contribution in [0.5, 0.6) is 11.5 Å². The highest BCUT2D eigenvalue weighted by atomic mass is 32.2. The van der Waals surface area contributed by atoms with Crippen molar-refractivity contribution >= 4 is 10.0 Å². The minimum absolute atomic E-state index is 0.0127. The summed E-state index contributed by atoms with van der Waals surface area (Å²) in [4.78, 5) is 0.